The van der Waals surface area contributed by atoms with E-state index in [1.165, 1.54) is 12.3 Å². The molecule has 0 aromatic carbocycles. The minimum atomic E-state index is -1.08. The van der Waals surface area contributed by atoms with Crippen LogP contribution < -0.4 is 5.32 Å². The third-order valence-electron chi connectivity index (χ3n) is 2.69. The molecule has 6 nitrogen and oxygen atoms in total. The van der Waals surface area contributed by atoms with Crippen LogP contribution >= 0.6 is 0 Å². The van der Waals surface area contributed by atoms with Gasteiger partial charge in [0.25, 0.3) is 5.91 Å². The number of ether oxygens (including phenoxy) is 1. The van der Waals surface area contributed by atoms with Gasteiger partial charge in [0.05, 0.1) is 5.60 Å². The molecule has 0 aliphatic carbocycles. The maximum atomic E-state index is 12.1. The predicted octanol–water partition coefficient (Wildman–Crippen LogP) is 1.33. The number of carbonyl (C=O) groups is 2. The van der Waals surface area contributed by atoms with Gasteiger partial charge in [-0.25, -0.2) is 4.79 Å². The first-order chi connectivity index (χ1) is 9.35. The molecule has 0 spiro atoms. The lowest BCUT2D eigenvalue weighted by Crippen LogP contribution is -2.40. The van der Waals surface area contributed by atoms with Crippen molar-refractivity contribution in [1.29, 1.82) is 0 Å². The normalized spacial score (nSPS) is 11.6. The van der Waals surface area contributed by atoms with E-state index in [1.807, 2.05) is 13.8 Å². The lowest BCUT2D eigenvalue weighted by Gasteiger charge is -2.23. The van der Waals surface area contributed by atoms with Crippen LogP contribution in [-0.4, -0.2) is 41.2 Å². The van der Waals surface area contributed by atoms with Crippen LogP contribution in [0, 0.1) is 0 Å². The molecule has 1 aromatic heterocycles. The molecule has 1 amide bonds. The highest BCUT2D eigenvalue weighted by Crippen LogP contribution is 2.09. The molecule has 0 unspecified atom stereocenters. The summed E-state index contributed by atoms with van der Waals surface area (Å²) in [5, 5.41) is 11.3. The summed E-state index contributed by atoms with van der Waals surface area (Å²) in [4.78, 5) is 26.6. The molecule has 0 atom stereocenters. The minimum absolute atomic E-state index is 0.178. The summed E-state index contributed by atoms with van der Waals surface area (Å²) in [7, 11) is 1.56. The number of methoxy groups -OCH3 is 1. The second-order valence-corrected chi connectivity index (χ2v) is 4.76. The molecule has 0 saturated heterocycles. The van der Waals surface area contributed by atoms with Gasteiger partial charge in [0, 0.05) is 31.5 Å². The summed E-state index contributed by atoms with van der Waals surface area (Å²) in [5.74, 6) is -1.46. The van der Waals surface area contributed by atoms with Crippen molar-refractivity contribution in [2.45, 2.75) is 19.4 Å². The van der Waals surface area contributed by atoms with Crippen LogP contribution in [0.1, 0.15) is 29.9 Å². The van der Waals surface area contributed by atoms with E-state index in [-0.39, 0.29) is 11.6 Å². The minimum Gasteiger partial charge on any atom is -0.478 e. The first-order valence-electron chi connectivity index (χ1n) is 6.05. The number of nitrogens with zero attached hydrogens (tertiary/aromatic N) is 1. The Labute approximate surface area is 117 Å². The Bertz CT molecular complexity index is 524. The molecule has 20 heavy (non-hydrogen) atoms. The van der Waals surface area contributed by atoms with Crippen molar-refractivity contribution in [2.24, 2.45) is 0 Å². The van der Waals surface area contributed by atoms with Crippen LogP contribution in [0.3, 0.4) is 0 Å². The van der Waals surface area contributed by atoms with Gasteiger partial charge in [0.2, 0.25) is 0 Å². The van der Waals surface area contributed by atoms with Crippen LogP contribution in [0.4, 0.5) is 0 Å². The largest absolute Gasteiger partial charge is 0.478 e. The molecule has 0 radical (unpaired) electrons. The highest BCUT2D eigenvalue weighted by atomic mass is 16.5. The highest BCUT2D eigenvalue weighted by Gasteiger charge is 2.19. The number of carbonyl (C=O) groups excluding carboxylic acids is 1. The third-order valence-corrected chi connectivity index (χ3v) is 2.69. The number of pyridine rings is 1. The summed E-state index contributed by atoms with van der Waals surface area (Å²) < 4.78 is 5.21. The van der Waals surface area contributed by atoms with E-state index in [0.717, 1.165) is 6.08 Å². The topological polar surface area (TPSA) is 88.5 Å². The van der Waals surface area contributed by atoms with Gasteiger partial charge in [0.15, 0.2) is 0 Å². The summed E-state index contributed by atoms with van der Waals surface area (Å²) >= 11 is 0. The number of aliphatic carboxylic acids is 1. The van der Waals surface area contributed by atoms with Crippen LogP contribution in [-0.2, 0) is 9.53 Å². The quantitative estimate of drug-likeness (QED) is 0.766. The van der Waals surface area contributed by atoms with E-state index < -0.39 is 11.6 Å². The lowest BCUT2D eigenvalue weighted by atomic mass is 10.1. The number of nitrogens with one attached hydrogen (secondary N) is 1. The molecule has 0 bridgehead atoms. The molecule has 0 aliphatic heterocycles. The number of carboxylic acids is 1. The van der Waals surface area contributed by atoms with Gasteiger partial charge in [0.1, 0.15) is 5.69 Å². The van der Waals surface area contributed by atoms with Crippen molar-refractivity contribution < 1.29 is 19.4 Å². The van der Waals surface area contributed by atoms with Crippen molar-refractivity contribution in [2.75, 3.05) is 13.7 Å². The Balaban J connectivity index is 2.85. The van der Waals surface area contributed by atoms with Crippen LogP contribution in [0.5, 0.6) is 0 Å². The first kappa shape index (κ1) is 15.8. The number of rotatable bonds is 6. The Hall–Kier alpha value is -2.21. The van der Waals surface area contributed by atoms with Crippen LogP contribution in [0.25, 0.3) is 6.08 Å². The van der Waals surface area contributed by atoms with Crippen LogP contribution in [0.2, 0.25) is 0 Å². The van der Waals surface area contributed by atoms with E-state index in [1.54, 1.807) is 19.2 Å². The number of carboxylic acid groups (broad SMARTS) is 1. The van der Waals surface area contributed by atoms with Crippen LogP contribution in [0.15, 0.2) is 24.4 Å². The monoisotopic (exact) mass is 278 g/mol. The predicted molar refractivity (Wildman–Crippen MR) is 74.3 cm³/mol. The van der Waals surface area contributed by atoms with E-state index in [9.17, 15) is 9.59 Å². The number of aromatic nitrogens is 1. The fourth-order valence-electron chi connectivity index (χ4n) is 1.35. The van der Waals surface area contributed by atoms with Gasteiger partial charge in [-0.2, -0.15) is 0 Å². The average molecular weight is 278 g/mol. The maximum Gasteiger partial charge on any atom is 0.328 e. The lowest BCUT2D eigenvalue weighted by molar-refractivity contribution is -0.131. The molecule has 108 valence electrons. The Morgan fingerprint density at radius 1 is 1.50 bits per heavy atom. The smallest absolute Gasteiger partial charge is 0.328 e. The fourth-order valence-corrected chi connectivity index (χ4v) is 1.35. The van der Waals surface area contributed by atoms with Crippen molar-refractivity contribution in [3.63, 3.8) is 0 Å². The van der Waals surface area contributed by atoms with E-state index in [2.05, 4.69) is 10.3 Å². The standard InChI is InChI=1S/C14H18N2O4/c1-14(2,20-3)9-16-13(19)12-10(5-4-8-15-12)6-7-11(17)18/h4-8H,9H2,1-3H3,(H,16,19)(H,17,18)/b7-6+. The molecule has 0 saturated carbocycles. The van der Waals surface area contributed by atoms with Crippen molar-refractivity contribution in [3.05, 3.63) is 35.7 Å². The Morgan fingerprint density at radius 3 is 2.80 bits per heavy atom. The highest BCUT2D eigenvalue weighted by molar-refractivity contribution is 5.97. The first-order valence-corrected chi connectivity index (χ1v) is 6.05. The zero-order chi connectivity index (χ0) is 15.2. The molecule has 0 fully saturated rings. The van der Waals surface area contributed by atoms with Gasteiger partial charge in [-0.15, -0.1) is 0 Å². The summed E-state index contributed by atoms with van der Waals surface area (Å²) in [6, 6.07) is 3.26. The van der Waals surface area contributed by atoms with E-state index in [0.29, 0.717) is 12.1 Å². The van der Waals surface area contributed by atoms with Crippen molar-refractivity contribution >= 4 is 18.0 Å². The van der Waals surface area contributed by atoms with Gasteiger partial charge in [-0.3, -0.25) is 9.78 Å². The SMILES string of the molecule is COC(C)(C)CNC(=O)c1ncccc1/C=C/C(=O)O. The molecule has 1 heterocycles. The van der Waals surface area contributed by atoms with Gasteiger partial charge < -0.3 is 15.2 Å². The zero-order valence-corrected chi connectivity index (χ0v) is 11.7. The van der Waals surface area contributed by atoms with E-state index in [4.69, 9.17) is 9.84 Å². The maximum absolute atomic E-state index is 12.1. The number of amides is 1. The van der Waals surface area contributed by atoms with Gasteiger partial charge >= 0.3 is 5.97 Å². The third kappa shape index (κ3) is 4.81. The number of hydrogen-bond acceptors (Lipinski definition) is 4. The average Bonchev–Trinajstić information content (AvgIpc) is 2.43. The summed E-state index contributed by atoms with van der Waals surface area (Å²) in [6.45, 7) is 4.01. The molecular weight excluding hydrogens is 260 g/mol. The second kappa shape index (κ2) is 6.81. The molecule has 2 N–H and O–H groups in total. The fraction of sp³-hybridized carbons (Fsp3) is 0.357. The summed E-state index contributed by atoms with van der Waals surface area (Å²) in [6.07, 6.45) is 3.78. The molecule has 1 rings (SSSR count). The second-order valence-electron chi connectivity index (χ2n) is 4.76. The van der Waals surface area contributed by atoms with Crippen molar-refractivity contribution in [3.8, 4) is 0 Å². The Morgan fingerprint density at radius 2 is 2.20 bits per heavy atom. The van der Waals surface area contributed by atoms with Gasteiger partial charge in [-0.1, -0.05) is 6.07 Å². The van der Waals surface area contributed by atoms with Crippen molar-refractivity contribution in [1.82, 2.24) is 10.3 Å². The summed E-state index contributed by atoms with van der Waals surface area (Å²) in [5.41, 5.74) is 0.140. The van der Waals surface area contributed by atoms with Gasteiger partial charge in [-0.05, 0) is 26.0 Å². The molecule has 0 aliphatic rings. The number of hydrogen-bond donors (Lipinski definition) is 2. The van der Waals surface area contributed by atoms with E-state index >= 15 is 0 Å². The Kier molecular flexibility index (Phi) is 5.40. The zero-order valence-electron chi connectivity index (χ0n) is 11.7. The molecular formula is C14H18N2O4. The molecule has 1 aromatic rings. The molecule has 6 heteroatoms.